The van der Waals surface area contributed by atoms with Crippen LogP contribution in [-0.2, 0) is 24.0 Å². The number of amides is 1. The van der Waals surface area contributed by atoms with E-state index in [4.69, 9.17) is 49.1 Å². The van der Waals surface area contributed by atoms with Crippen molar-refractivity contribution in [2.45, 2.75) is 153 Å². The lowest BCUT2D eigenvalue weighted by molar-refractivity contribution is -0.139. The van der Waals surface area contributed by atoms with Gasteiger partial charge in [0.1, 0.15) is 18.1 Å². The zero-order valence-corrected chi connectivity index (χ0v) is 30.9. The minimum atomic E-state index is -1.11. The molecule has 1 heterocycles. The van der Waals surface area contributed by atoms with Crippen LogP contribution in [0.4, 0.5) is 0 Å². The Morgan fingerprint density at radius 1 is 0.725 bits per heavy atom. The Hall–Kier alpha value is -3.54. The number of nitrogens with one attached hydrogen (secondary N) is 2. The average molecular weight is 735 g/mol. The summed E-state index contributed by atoms with van der Waals surface area (Å²) in [6.07, 6.45) is 21.9. The molecule has 1 amide bonds. The molecule has 17 heteroatoms. The highest BCUT2D eigenvalue weighted by Crippen LogP contribution is 2.12. The summed E-state index contributed by atoms with van der Waals surface area (Å²) in [6, 6.07) is -2.07. The van der Waals surface area contributed by atoms with E-state index < -0.39 is 41.9 Å². The van der Waals surface area contributed by atoms with Crippen molar-refractivity contribution in [1.82, 2.24) is 10.6 Å². The lowest BCUT2D eigenvalue weighted by Crippen LogP contribution is -2.31. The molecule has 1 aliphatic rings. The van der Waals surface area contributed by atoms with E-state index >= 15 is 0 Å². The van der Waals surface area contributed by atoms with Crippen molar-refractivity contribution in [1.29, 1.82) is 0 Å². The molecule has 0 unspecified atom stereocenters. The quantitative estimate of drug-likeness (QED) is 0.0327. The van der Waals surface area contributed by atoms with Crippen LogP contribution in [0.3, 0.4) is 0 Å². The third-order valence-electron chi connectivity index (χ3n) is 7.65. The molecule has 1 saturated heterocycles. The maximum absolute atomic E-state index is 10.3. The molecule has 0 aromatic carbocycles. The van der Waals surface area contributed by atoms with E-state index in [1.807, 2.05) is 0 Å². The summed E-state index contributed by atoms with van der Waals surface area (Å²) >= 11 is 0. The molecule has 1 aliphatic heterocycles. The van der Waals surface area contributed by atoms with Crippen LogP contribution >= 0.6 is 0 Å². The van der Waals surface area contributed by atoms with Gasteiger partial charge in [0.05, 0.1) is 6.54 Å². The number of carbonyl (C=O) groups excluding carboxylic acids is 1. The van der Waals surface area contributed by atoms with Gasteiger partial charge in [0.2, 0.25) is 5.91 Å². The van der Waals surface area contributed by atoms with Gasteiger partial charge in [-0.1, -0.05) is 90.4 Å². The molecule has 0 aliphatic carbocycles. The van der Waals surface area contributed by atoms with Gasteiger partial charge in [0, 0.05) is 13.0 Å². The Morgan fingerprint density at radius 2 is 1.20 bits per heavy atom. The molecule has 0 aromatic heterocycles. The van der Waals surface area contributed by atoms with E-state index in [-0.39, 0.29) is 31.4 Å². The van der Waals surface area contributed by atoms with Crippen molar-refractivity contribution < 1.29 is 44.4 Å². The first kappa shape index (κ1) is 51.8. The van der Waals surface area contributed by atoms with Crippen molar-refractivity contribution in [2.75, 3.05) is 26.2 Å². The first-order valence-corrected chi connectivity index (χ1v) is 18.3. The van der Waals surface area contributed by atoms with Gasteiger partial charge >= 0.3 is 23.9 Å². The lowest BCUT2D eigenvalue weighted by Gasteiger charge is -2.03. The number of carboxylic acids is 4. The summed E-state index contributed by atoms with van der Waals surface area (Å²) in [5, 5.41) is 39.2. The maximum Gasteiger partial charge on any atom is 0.320 e. The first-order chi connectivity index (χ1) is 24.1. The second-order valence-corrected chi connectivity index (χ2v) is 12.5. The summed E-state index contributed by atoms with van der Waals surface area (Å²) in [5.41, 5.74) is 25.1. The monoisotopic (exact) mass is 735 g/mol. The SMILES string of the molecule is CCCCCCCCCCCCCCCCNCC(=O)O.NC(=O)CC[C@H](N)C(=O)O.NC(N)=NCCC[C@H](N)C(=O)O.O=C(O)[C@@H]1CCCN1. The van der Waals surface area contributed by atoms with Gasteiger partial charge in [-0.15, -0.1) is 0 Å². The van der Waals surface area contributed by atoms with Crippen LogP contribution in [0.5, 0.6) is 0 Å². The molecular formula is C34H70N8O9. The van der Waals surface area contributed by atoms with Gasteiger partial charge in [-0.25, -0.2) is 0 Å². The number of hydrogen-bond donors (Lipinski definition) is 11. The highest BCUT2D eigenvalue weighted by atomic mass is 16.4. The zero-order valence-electron chi connectivity index (χ0n) is 30.9. The van der Waals surface area contributed by atoms with E-state index in [1.54, 1.807) is 0 Å². The molecule has 0 bridgehead atoms. The average Bonchev–Trinajstić information content (AvgIpc) is 3.62. The third-order valence-corrected chi connectivity index (χ3v) is 7.65. The van der Waals surface area contributed by atoms with Crippen molar-refractivity contribution in [3.8, 4) is 0 Å². The van der Waals surface area contributed by atoms with Crippen molar-refractivity contribution in [3.63, 3.8) is 0 Å². The maximum atomic E-state index is 10.3. The van der Waals surface area contributed by atoms with Gasteiger partial charge < -0.3 is 59.7 Å². The number of carbonyl (C=O) groups is 5. The summed E-state index contributed by atoms with van der Waals surface area (Å²) in [6.45, 7) is 4.48. The molecule has 1 fully saturated rings. The number of primary amides is 1. The molecule has 300 valence electrons. The normalized spacial score (nSPS) is 14.2. The smallest absolute Gasteiger partial charge is 0.320 e. The van der Waals surface area contributed by atoms with Crippen LogP contribution in [0.15, 0.2) is 4.99 Å². The Balaban J connectivity index is -0.000000650. The number of guanidine groups is 1. The van der Waals surface area contributed by atoms with Crippen LogP contribution in [0.1, 0.15) is 135 Å². The number of nitrogens with zero attached hydrogens (tertiary/aromatic N) is 1. The van der Waals surface area contributed by atoms with Gasteiger partial charge in [-0.3, -0.25) is 29.0 Å². The van der Waals surface area contributed by atoms with Gasteiger partial charge in [0.15, 0.2) is 5.96 Å². The number of aliphatic imine (C=N–C) groups is 1. The number of carboxylic acid groups (broad SMARTS) is 4. The molecule has 3 atom stereocenters. The van der Waals surface area contributed by atoms with Crippen LogP contribution < -0.4 is 39.3 Å². The van der Waals surface area contributed by atoms with Gasteiger partial charge in [0.25, 0.3) is 0 Å². The molecular weight excluding hydrogens is 664 g/mol. The molecule has 0 saturated carbocycles. The third kappa shape index (κ3) is 44.4. The van der Waals surface area contributed by atoms with Crippen molar-refractivity contribution in [2.24, 2.45) is 33.7 Å². The molecule has 0 spiro atoms. The highest BCUT2D eigenvalue weighted by molar-refractivity contribution is 5.77. The second kappa shape index (κ2) is 37.7. The highest BCUT2D eigenvalue weighted by Gasteiger charge is 2.20. The van der Waals surface area contributed by atoms with Crippen LogP contribution in [0.25, 0.3) is 0 Å². The summed E-state index contributed by atoms with van der Waals surface area (Å²) in [4.78, 5) is 54.5. The fraction of sp³-hybridized carbons (Fsp3) is 0.824. The van der Waals surface area contributed by atoms with Crippen LogP contribution in [0.2, 0.25) is 0 Å². The molecule has 0 aromatic rings. The topological polar surface area (TPSA) is 333 Å². The number of nitrogens with two attached hydrogens (primary N) is 5. The predicted octanol–water partition coefficient (Wildman–Crippen LogP) is 2.08. The molecule has 51 heavy (non-hydrogen) atoms. The minimum absolute atomic E-state index is 0.0129. The van der Waals surface area contributed by atoms with Crippen LogP contribution in [-0.4, -0.2) is 100 Å². The van der Waals surface area contributed by atoms with E-state index in [2.05, 4.69) is 22.5 Å². The number of unbranched alkanes of at least 4 members (excludes halogenated alkanes) is 13. The number of rotatable bonds is 27. The lowest BCUT2D eigenvalue weighted by atomic mass is 10.0. The zero-order chi connectivity index (χ0) is 39.3. The number of hydrogen-bond acceptors (Lipinski definition) is 10. The largest absolute Gasteiger partial charge is 0.480 e. The standard InChI is InChI=1S/C18H37NO2.C6H14N4O2.C5H10N2O3.C5H9NO2/c1-2-3-4-5-6-7-8-9-10-11-12-13-14-15-16-19-17-18(20)21;7-4(5(11)12)2-1-3-10-6(8)9;6-3(5(9)10)1-2-4(7)8;7-5(8)4-2-1-3-6-4/h19H,2-17H2,1H3,(H,20,21);4H,1-3,7H2,(H,11,12)(H4,8,9,10);3H,1-2,6H2,(H2,7,8)(H,9,10);4,6H,1-3H2,(H,7,8)/t;4-;3-;4-/m.000/s1. The molecule has 1 rings (SSSR count). The summed E-state index contributed by atoms with van der Waals surface area (Å²) < 4.78 is 0. The molecule has 0 radical (unpaired) electrons. The summed E-state index contributed by atoms with van der Waals surface area (Å²) in [7, 11) is 0. The molecule has 16 N–H and O–H groups in total. The Labute approximate surface area is 303 Å². The van der Waals surface area contributed by atoms with Gasteiger partial charge in [-0.05, 0) is 51.6 Å². The Morgan fingerprint density at radius 3 is 1.55 bits per heavy atom. The summed E-state index contributed by atoms with van der Waals surface area (Å²) in [5.74, 6) is -4.11. The van der Waals surface area contributed by atoms with E-state index in [1.165, 1.54) is 83.5 Å². The predicted molar refractivity (Wildman–Crippen MR) is 199 cm³/mol. The van der Waals surface area contributed by atoms with E-state index in [9.17, 15) is 24.0 Å². The Kier molecular flexibility index (Phi) is 38.3. The van der Waals surface area contributed by atoms with Crippen molar-refractivity contribution in [3.05, 3.63) is 0 Å². The van der Waals surface area contributed by atoms with E-state index in [0.29, 0.717) is 19.4 Å². The fourth-order valence-corrected chi connectivity index (χ4v) is 4.60. The van der Waals surface area contributed by atoms with E-state index in [0.717, 1.165) is 32.4 Å². The first-order valence-electron chi connectivity index (χ1n) is 18.3. The van der Waals surface area contributed by atoms with Gasteiger partial charge in [-0.2, -0.15) is 0 Å². The fourth-order valence-electron chi connectivity index (χ4n) is 4.60. The molecule has 17 nitrogen and oxygen atoms in total. The van der Waals surface area contributed by atoms with Crippen molar-refractivity contribution >= 4 is 35.7 Å². The number of aliphatic carboxylic acids is 4. The minimum Gasteiger partial charge on any atom is -0.480 e. The Bertz CT molecular complexity index is 932. The van der Waals surface area contributed by atoms with Crippen LogP contribution in [0, 0.1) is 0 Å². The second-order valence-electron chi connectivity index (χ2n) is 12.5.